The molecular weight excluding hydrogens is 164 g/mol. The molecule has 0 fully saturated rings. The molecule has 0 aliphatic rings. The molecule has 4 heteroatoms. The van der Waals surface area contributed by atoms with Gasteiger partial charge in [0.15, 0.2) is 0 Å². The Hall–Kier alpha value is -0.350. The maximum atomic E-state index is 10.6. The van der Waals surface area contributed by atoms with Gasteiger partial charge in [-0.2, -0.15) is 8.42 Å². The normalized spacial score (nSPS) is 13.5. The van der Waals surface area contributed by atoms with E-state index in [1.807, 2.05) is 13.8 Å². The fourth-order valence-electron chi connectivity index (χ4n) is 0.810. The van der Waals surface area contributed by atoms with Crippen molar-refractivity contribution in [1.29, 1.82) is 0 Å². The lowest BCUT2D eigenvalue weighted by Gasteiger charge is -1.99. The van der Waals surface area contributed by atoms with Gasteiger partial charge in [-0.05, 0) is 12.8 Å². The fourth-order valence-corrected chi connectivity index (χ4v) is 1.65. The summed E-state index contributed by atoms with van der Waals surface area (Å²) in [5.74, 6) is 0. The third-order valence-corrected chi connectivity index (χ3v) is 2.29. The smallest absolute Gasteiger partial charge is 0.282 e. The summed E-state index contributed by atoms with van der Waals surface area (Å²) in [5.41, 5.74) is 0. The van der Waals surface area contributed by atoms with Crippen LogP contribution in [0.1, 0.15) is 33.1 Å². The molecule has 0 atom stereocenters. The van der Waals surface area contributed by atoms with E-state index in [0.717, 1.165) is 6.42 Å². The van der Waals surface area contributed by atoms with Crippen LogP contribution < -0.4 is 0 Å². The van der Waals surface area contributed by atoms with E-state index in [0.29, 0.717) is 12.8 Å². The molecule has 3 nitrogen and oxygen atoms in total. The average molecular weight is 178 g/mol. The van der Waals surface area contributed by atoms with Crippen molar-refractivity contribution in [3.05, 3.63) is 11.0 Å². The molecule has 0 aromatic rings. The van der Waals surface area contributed by atoms with Gasteiger partial charge < -0.3 is 0 Å². The van der Waals surface area contributed by atoms with E-state index < -0.39 is 10.1 Å². The summed E-state index contributed by atoms with van der Waals surface area (Å²) in [6.07, 6.45) is 3.33. The van der Waals surface area contributed by atoms with Crippen LogP contribution in [0.5, 0.6) is 0 Å². The molecule has 0 aromatic carbocycles. The molecule has 0 radical (unpaired) electrons. The van der Waals surface area contributed by atoms with Crippen molar-refractivity contribution in [2.45, 2.75) is 33.1 Å². The van der Waals surface area contributed by atoms with Gasteiger partial charge in [-0.25, -0.2) is 0 Å². The Kier molecular flexibility index (Phi) is 4.37. The van der Waals surface area contributed by atoms with Crippen molar-refractivity contribution in [1.82, 2.24) is 0 Å². The quantitative estimate of drug-likeness (QED) is 0.669. The van der Waals surface area contributed by atoms with Crippen LogP contribution >= 0.6 is 0 Å². The summed E-state index contributed by atoms with van der Waals surface area (Å²) in [5, 5.41) is 0. The Morgan fingerprint density at radius 2 is 2.00 bits per heavy atom. The van der Waals surface area contributed by atoms with Crippen molar-refractivity contribution in [2.24, 2.45) is 0 Å². The van der Waals surface area contributed by atoms with Crippen molar-refractivity contribution in [3.63, 3.8) is 0 Å². The van der Waals surface area contributed by atoms with E-state index in [-0.39, 0.29) is 4.91 Å². The van der Waals surface area contributed by atoms with Crippen molar-refractivity contribution >= 4 is 10.1 Å². The highest BCUT2D eigenvalue weighted by molar-refractivity contribution is 7.89. The minimum Gasteiger partial charge on any atom is -0.282 e. The molecule has 11 heavy (non-hydrogen) atoms. The molecule has 0 aliphatic heterocycles. The minimum atomic E-state index is -3.93. The first-order valence-electron chi connectivity index (χ1n) is 3.68. The van der Waals surface area contributed by atoms with Gasteiger partial charge in [0.25, 0.3) is 10.1 Å². The Bertz CT molecular complexity index is 226. The van der Waals surface area contributed by atoms with Crippen LogP contribution in [0.25, 0.3) is 0 Å². The number of rotatable bonds is 4. The van der Waals surface area contributed by atoms with Crippen LogP contribution in [0.3, 0.4) is 0 Å². The SMILES string of the molecule is CC/C=C(/CCC)S(=O)(=O)O. The predicted molar refractivity (Wildman–Crippen MR) is 44.8 cm³/mol. The molecule has 0 saturated heterocycles. The zero-order valence-corrected chi connectivity index (χ0v) is 7.69. The van der Waals surface area contributed by atoms with Gasteiger partial charge >= 0.3 is 0 Å². The second-order valence-corrected chi connectivity index (χ2v) is 3.78. The van der Waals surface area contributed by atoms with Crippen LogP contribution in [0.4, 0.5) is 0 Å². The summed E-state index contributed by atoms with van der Waals surface area (Å²) >= 11 is 0. The highest BCUT2D eigenvalue weighted by Crippen LogP contribution is 2.11. The molecule has 0 aromatic heterocycles. The lowest BCUT2D eigenvalue weighted by molar-refractivity contribution is 0.488. The Labute approximate surface area is 67.9 Å². The molecule has 1 N–H and O–H groups in total. The topological polar surface area (TPSA) is 54.4 Å². The predicted octanol–water partition coefficient (Wildman–Crippen LogP) is 1.97. The molecule has 0 saturated carbocycles. The zero-order valence-electron chi connectivity index (χ0n) is 6.87. The Morgan fingerprint density at radius 1 is 1.45 bits per heavy atom. The molecule has 66 valence electrons. The first-order chi connectivity index (χ1) is 5.02. The Balaban J connectivity index is 4.49. The van der Waals surface area contributed by atoms with Crippen LogP contribution in [-0.4, -0.2) is 13.0 Å². The van der Waals surface area contributed by atoms with E-state index in [2.05, 4.69) is 0 Å². The third-order valence-electron chi connectivity index (χ3n) is 1.26. The van der Waals surface area contributed by atoms with E-state index in [9.17, 15) is 8.42 Å². The van der Waals surface area contributed by atoms with E-state index in [1.54, 1.807) is 6.08 Å². The van der Waals surface area contributed by atoms with E-state index >= 15 is 0 Å². The van der Waals surface area contributed by atoms with Crippen LogP contribution in [0.15, 0.2) is 11.0 Å². The molecule has 0 spiro atoms. The Morgan fingerprint density at radius 3 is 2.27 bits per heavy atom. The number of hydrogen-bond acceptors (Lipinski definition) is 2. The second kappa shape index (κ2) is 4.51. The number of hydrogen-bond donors (Lipinski definition) is 1. The summed E-state index contributed by atoms with van der Waals surface area (Å²) in [6, 6.07) is 0. The second-order valence-electron chi connectivity index (χ2n) is 2.30. The largest absolute Gasteiger partial charge is 0.290 e. The van der Waals surface area contributed by atoms with Crippen molar-refractivity contribution in [3.8, 4) is 0 Å². The lowest BCUT2D eigenvalue weighted by atomic mass is 10.3. The lowest BCUT2D eigenvalue weighted by Crippen LogP contribution is -2.01. The van der Waals surface area contributed by atoms with E-state index in [4.69, 9.17) is 4.55 Å². The molecule has 0 amide bonds. The highest BCUT2D eigenvalue weighted by atomic mass is 32.2. The van der Waals surface area contributed by atoms with Gasteiger partial charge in [0, 0.05) is 0 Å². The molecule has 0 aliphatic carbocycles. The fraction of sp³-hybridized carbons (Fsp3) is 0.714. The van der Waals surface area contributed by atoms with Gasteiger partial charge in [0.1, 0.15) is 0 Å². The van der Waals surface area contributed by atoms with Crippen molar-refractivity contribution in [2.75, 3.05) is 0 Å². The summed E-state index contributed by atoms with van der Waals surface area (Å²) < 4.78 is 29.8. The molecule has 0 heterocycles. The van der Waals surface area contributed by atoms with E-state index in [1.165, 1.54) is 0 Å². The number of allylic oxidation sites excluding steroid dienone is 2. The summed E-state index contributed by atoms with van der Waals surface area (Å²) in [7, 11) is -3.93. The first kappa shape index (κ1) is 10.7. The van der Waals surface area contributed by atoms with Crippen LogP contribution in [0, 0.1) is 0 Å². The minimum absolute atomic E-state index is 0.141. The first-order valence-corrected chi connectivity index (χ1v) is 5.12. The maximum absolute atomic E-state index is 10.6. The van der Waals surface area contributed by atoms with Gasteiger partial charge in [-0.1, -0.05) is 26.3 Å². The summed E-state index contributed by atoms with van der Waals surface area (Å²) in [6.45, 7) is 3.70. The standard InChI is InChI=1S/C7H14O3S/c1-3-5-7(6-4-2)11(8,9)10/h5H,3-4,6H2,1-2H3,(H,8,9,10)/b7-5-. The highest BCUT2D eigenvalue weighted by Gasteiger charge is 2.10. The maximum Gasteiger partial charge on any atom is 0.290 e. The van der Waals surface area contributed by atoms with Gasteiger partial charge in [0.2, 0.25) is 0 Å². The van der Waals surface area contributed by atoms with Gasteiger partial charge in [-0.15, -0.1) is 0 Å². The molecular formula is C7H14O3S. The van der Waals surface area contributed by atoms with Gasteiger partial charge in [-0.3, -0.25) is 4.55 Å². The molecule has 0 rings (SSSR count). The third kappa shape index (κ3) is 4.16. The molecule has 0 unspecified atom stereocenters. The summed E-state index contributed by atoms with van der Waals surface area (Å²) in [4.78, 5) is 0.141. The zero-order chi connectivity index (χ0) is 8.91. The average Bonchev–Trinajstić information content (AvgIpc) is 1.85. The van der Waals surface area contributed by atoms with Crippen LogP contribution in [-0.2, 0) is 10.1 Å². The van der Waals surface area contributed by atoms with Gasteiger partial charge in [0.05, 0.1) is 4.91 Å². The molecule has 0 bridgehead atoms. The van der Waals surface area contributed by atoms with Crippen molar-refractivity contribution < 1.29 is 13.0 Å². The van der Waals surface area contributed by atoms with Crippen LogP contribution in [0.2, 0.25) is 0 Å². The monoisotopic (exact) mass is 178 g/mol.